The number of amides is 2. The normalized spacial score (nSPS) is 12.0. The van der Waals surface area contributed by atoms with Gasteiger partial charge in [-0.05, 0) is 6.07 Å². The van der Waals surface area contributed by atoms with Gasteiger partial charge in [0, 0.05) is 43.7 Å². The van der Waals surface area contributed by atoms with Crippen LogP contribution in [0, 0.1) is 11.6 Å². The van der Waals surface area contributed by atoms with Crippen molar-refractivity contribution in [3.05, 3.63) is 54.1 Å². The summed E-state index contributed by atoms with van der Waals surface area (Å²) in [7, 11) is 0. The molecule has 8 heteroatoms. The maximum atomic E-state index is 13.4. The third kappa shape index (κ3) is 4.52. The number of halogens is 2. The zero-order valence-electron chi connectivity index (χ0n) is 11.7. The summed E-state index contributed by atoms with van der Waals surface area (Å²) in [4.78, 5) is 15.4. The highest BCUT2D eigenvalue weighted by molar-refractivity contribution is 5.73. The molecule has 0 saturated heterocycles. The minimum Gasteiger partial charge on any atom is -0.386 e. The van der Waals surface area contributed by atoms with E-state index in [1.54, 1.807) is 23.3 Å². The van der Waals surface area contributed by atoms with Crippen molar-refractivity contribution in [1.29, 1.82) is 0 Å². The van der Waals surface area contributed by atoms with E-state index in [-0.39, 0.29) is 12.1 Å². The topological polar surface area (TPSA) is 79.2 Å². The van der Waals surface area contributed by atoms with Gasteiger partial charge in [-0.3, -0.25) is 0 Å². The molecule has 0 radical (unpaired) electrons. The molecule has 2 rings (SSSR count). The molecular formula is C14H16F2N4O2. The molecule has 22 heavy (non-hydrogen) atoms. The third-order valence-corrected chi connectivity index (χ3v) is 2.99. The minimum absolute atomic E-state index is 0.0693. The Balaban J connectivity index is 1.73. The molecule has 0 fully saturated rings. The standard InChI is InChI=1S/C14H16F2N4O2/c15-10-1-2-11(12(16)7-10)13(21)8-19-14(22)18-4-6-20-5-3-17-9-20/h1-3,5,7,9,13,21H,4,6,8H2,(H2,18,19,22). The van der Waals surface area contributed by atoms with E-state index in [0.29, 0.717) is 19.2 Å². The number of aliphatic hydroxyl groups is 1. The molecule has 0 bridgehead atoms. The van der Waals surface area contributed by atoms with Gasteiger partial charge >= 0.3 is 6.03 Å². The van der Waals surface area contributed by atoms with Crippen LogP contribution in [-0.4, -0.2) is 33.8 Å². The van der Waals surface area contributed by atoms with Gasteiger partial charge in [0.2, 0.25) is 0 Å². The van der Waals surface area contributed by atoms with Crippen molar-refractivity contribution in [3.8, 4) is 0 Å². The molecule has 118 valence electrons. The van der Waals surface area contributed by atoms with Crippen LogP contribution in [0.3, 0.4) is 0 Å². The summed E-state index contributed by atoms with van der Waals surface area (Å²) in [6.45, 7) is 0.755. The first-order valence-electron chi connectivity index (χ1n) is 6.66. The molecule has 0 spiro atoms. The van der Waals surface area contributed by atoms with Crippen LogP contribution in [0.2, 0.25) is 0 Å². The molecule has 6 nitrogen and oxygen atoms in total. The minimum atomic E-state index is -1.25. The lowest BCUT2D eigenvalue weighted by molar-refractivity contribution is 0.168. The number of aromatic nitrogens is 2. The van der Waals surface area contributed by atoms with Gasteiger partial charge in [0.25, 0.3) is 0 Å². The number of hydrogen-bond acceptors (Lipinski definition) is 3. The molecule has 0 aliphatic heterocycles. The van der Waals surface area contributed by atoms with Crippen molar-refractivity contribution in [1.82, 2.24) is 20.2 Å². The summed E-state index contributed by atoms with van der Waals surface area (Å²) < 4.78 is 28.0. The molecule has 0 saturated carbocycles. The number of nitrogens with zero attached hydrogens (tertiary/aromatic N) is 2. The highest BCUT2D eigenvalue weighted by atomic mass is 19.1. The van der Waals surface area contributed by atoms with Gasteiger partial charge < -0.3 is 20.3 Å². The summed E-state index contributed by atoms with van der Waals surface area (Å²) in [6, 6.07) is 2.39. The Kier molecular flexibility index (Phi) is 5.42. The first-order chi connectivity index (χ1) is 10.6. The zero-order valence-corrected chi connectivity index (χ0v) is 11.7. The molecule has 1 atom stereocenters. The second-order valence-electron chi connectivity index (χ2n) is 4.62. The Morgan fingerprint density at radius 2 is 2.18 bits per heavy atom. The number of imidazole rings is 1. The van der Waals surface area contributed by atoms with Crippen molar-refractivity contribution in [2.24, 2.45) is 0 Å². The lowest BCUT2D eigenvalue weighted by atomic mass is 10.1. The van der Waals surface area contributed by atoms with Crippen LogP contribution in [0.1, 0.15) is 11.7 Å². The van der Waals surface area contributed by atoms with Gasteiger partial charge in [0.05, 0.1) is 12.4 Å². The molecule has 1 aromatic heterocycles. The van der Waals surface area contributed by atoms with E-state index in [4.69, 9.17) is 0 Å². The fraction of sp³-hybridized carbons (Fsp3) is 0.286. The fourth-order valence-corrected chi connectivity index (χ4v) is 1.85. The first-order valence-corrected chi connectivity index (χ1v) is 6.66. The van der Waals surface area contributed by atoms with Crippen LogP contribution in [-0.2, 0) is 6.54 Å². The van der Waals surface area contributed by atoms with E-state index in [0.717, 1.165) is 12.1 Å². The predicted molar refractivity (Wildman–Crippen MR) is 74.9 cm³/mol. The van der Waals surface area contributed by atoms with E-state index >= 15 is 0 Å². The van der Waals surface area contributed by atoms with E-state index in [1.165, 1.54) is 0 Å². The number of nitrogens with one attached hydrogen (secondary N) is 2. The fourth-order valence-electron chi connectivity index (χ4n) is 1.85. The maximum absolute atomic E-state index is 13.4. The lowest BCUT2D eigenvalue weighted by Gasteiger charge is -2.13. The first kappa shape index (κ1) is 15.9. The second-order valence-corrected chi connectivity index (χ2v) is 4.62. The summed E-state index contributed by atoms with van der Waals surface area (Å²) in [5, 5.41) is 14.8. The highest BCUT2D eigenvalue weighted by Crippen LogP contribution is 2.17. The van der Waals surface area contributed by atoms with Crippen molar-refractivity contribution >= 4 is 6.03 Å². The monoisotopic (exact) mass is 310 g/mol. The molecule has 1 heterocycles. The second kappa shape index (κ2) is 7.51. The van der Waals surface area contributed by atoms with Gasteiger partial charge in [0.1, 0.15) is 11.6 Å². The quantitative estimate of drug-likeness (QED) is 0.750. The Morgan fingerprint density at radius 3 is 2.86 bits per heavy atom. The molecule has 0 aliphatic carbocycles. The number of hydrogen-bond donors (Lipinski definition) is 3. The van der Waals surface area contributed by atoms with Crippen LogP contribution in [0.15, 0.2) is 36.9 Å². The van der Waals surface area contributed by atoms with Gasteiger partial charge in [-0.25, -0.2) is 18.6 Å². The summed E-state index contributed by atoms with van der Waals surface area (Å²) >= 11 is 0. The van der Waals surface area contributed by atoms with Gasteiger partial charge in [0.15, 0.2) is 0 Å². The molecule has 1 unspecified atom stereocenters. The molecule has 1 aromatic carbocycles. The molecule has 2 aromatic rings. The van der Waals surface area contributed by atoms with Crippen LogP contribution in [0.5, 0.6) is 0 Å². The van der Waals surface area contributed by atoms with Gasteiger partial charge in [-0.2, -0.15) is 0 Å². The average molecular weight is 310 g/mol. The van der Waals surface area contributed by atoms with Gasteiger partial charge in [-0.15, -0.1) is 0 Å². The number of carbonyl (C=O) groups excluding carboxylic acids is 1. The summed E-state index contributed by atoms with van der Waals surface area (Å²) in [5.41, 5.74) is -0.0693. The SMILES string of the molecule is O=C(NCCn1ccnc1)NCC(O)c1ccc(F)cc1F. The van der Waals surface area contributed by atoms with Crippen molar-refractivity contribution in [2.75, 3.05) is 13.1 Å². The van der Waals surface area contributed by atoms with E-state index in [2.05, 4.69) is 15.6 Å². The van der Waals surface area contributed by atoms with E-state index in [1.807, 2.05) is 0 Å². The average Bonchev–Trinajstić information content (AvgIpc) is 2.98. The Morgan fingerprint density at radius 1 is 1.36 bits per heavy atom. The number of rotatable bonds is 6. The molecule has 3 N–H and O–H groups in total. The molecule has 0 aliphatic rings. The van der Waals surface area contributed by atoms with Crippen LogP contribution in [0.25, 0.3) is 0 Å². The van der Waals surface area contributed by atoms with Crippen molar-refractivity contribution < 1.29 is 18.7 Å². The Hall–Kier alpha value is -2.48. The maximum Gasteiger partial charge on any atom is 0.314 e. The van der Waals surface area contributed by atoms with Crippen molar-refractivity contribution in [3.63, 3.8) is 0 Å². The molecule has 2 amide bonds. The number of benzene rings is 1. The highest BCUT2D eigenvalue weighted by Gasteiger charge is 2.14. The van der Waals surface area contributed by atoms with Crippen LogP contribution in [0.4, 0.5) is 13.6 Å². The van der Waals surface area contributed by atoms with Crippen LogP contribution < -0.4 is 10.6 Å². The lowest BCUT2D eigenvalue weighted by Crippen LogP contribution is -2.39. The Labute approximate surface area is 125 Å². The number of carbonyl (C=O) groups is 1. The van der Waals surface area contributed by atoms with Gasteiger partial charge in [-0.1, -0.05) is 6.07 Å². The summed E-state index contributed by atoms with van der Waals surface area (Å²) in [5.74, 6) is -1.58. The van der Waals surface area contributed by atoms with Crippen molar-refractivity contribution in [2.45, 2.75) is 12.6 Å². The number of urea groups is 1. The van der Waals surface area contributed by atoms with E-state index in [9.17, 15) is 18.7 Å². The zero-order chi connectivity index (χ0) is 15.9. The molecular weight excluding hydrogens is 294 g/mol. The smallest absolute Gasteiger partial charge is 0.314 e. The number of aliphatic hydroxyl groups excluding tert-OH is 1. The van der Waals surface area contributed by atoms with E-state index < -0.39 is 23.8 Å². The Bertz CT molecular complexity index is 619. The predicted octanol–water partition coefficient (Wildman–Crippen LogP) is 1.19. The summed E-state index contributed by atoms with van der Waals surface area (Å²) in [6.07, 6.45) is 3.77. The third-order valence-electron chi connectivity index (χ3n) is 2.99. The largest absolute Gasteiger partial charge is 0.386 e. The van der Waals surface area contributed by atoms with Crippen LogP contribution >= 0.6 is 0 Å².